The van der Waals surface area contributed by atoms with Gasteiger partial charge in [-0.3, -0.25) is 14.9 Å². The third-order valence-electron chi connectivity index (χ3n) is 3.92. The predicted octanol–water partition coefficient (Wildman–Crippen LogP) is 3.51. The maximum absolute atomic E-state index is 12.7. The lowest BCUT2D eigenvalue weighted by Crippen LogP contribution is -2.08. The molecule has 27 heavy (non-hydrogen) atoms. The fourth-order valence-electron chi connectivity index (χ4n) is 2.63. The number of hydrogen-bond acceptors (Lipinski definition) is 6. The summed E-state index contributed by atoms with van der Waals surface area (Å²) in [5, 5.41) is 20.1. The Morgan fingerprint density at radius 2 is 1.93 bits per heavy atom. The minimum absolute atomic E-state index is 0.0908. The number of nitrogens with zero attached hydrogens (tertiary/aromatic N) is 2. The second-order valence-electron chi connectivity index (χ2n) is 5.69. The molecule has 0 fully saturated rings. The number of Topliss-reactive ketones (excluding diaryl/α,β-unsaturated/α-hetero) is 1. The zero-order valence-corrected chi connectivity index (χ0v) is 15.0. The first-order chi connectivity index (χ1) is 12.8. The third kappa shape index (κ3) is 4.10. The molecule has 2 aromatic rings. The molecule has 0 aliphatic carbocycles. The summed E-state index contributed by atoms with van der Waals surface area (Å²) >= 11 is 0. The molecule has 0 aliphatic rings. The number of carbonyl (C=O) groups is 2. The highest BCUT2D eigenvalue weighted by Crippen LogP contribution is 2.23. The van der Waals surface area contributed by atoms with Gasteiger partial charge in [-0.25, -0.2) is 4.79 Å². The highest BCUT2D eigenvalue weighted by Gasteiger charge is 2.24. The summed E-state index contributed by atoms with van der Waals surface area (Å²) in [7, 11) is 0. The quantitative estimate of drug-likeness (QED) is 0.208. The van der Waals surface area contributed by atoms with Crippen molar-refractivity contribution in [3.8, 4) is 6.07 Å². The number of nitro groups is 1. The van der Waals surface area contributed by atoms with Crippen molar-refractivity contribution in [1.82, 2.24) is 4.98 Å². The van der Waals surface area contributed by atoms with Gasteiger partial charge in [-0.2, -0.15) is 5.26 Å². The molecule has 138 valence electrons. The number of ketones is 1. The molecule has 2 rings (SSSR count). The SMILES string of the molecule is CCOC(=O)c1c(C)[nH]c(C(=O)/C(C#N)=C/c2ccc([N+](=O)[O-])cc2)c1C. The molecule has 0 aliphatic heterocycles. The number of benzene rings is 1. The van der Waals surface area contributed by atoms with E-state index in [2.05, 4.69) is 4.98 Å². The highest BCUT2D eigenvalue weighted by molar-refractivity contribution is 6.15. The number of H-pyrrole nitrogens is 1. The maximum atomic E-state index is 12.7. The van der Waals surface area contributed by atoms with Crippen LogP contribution < -0.4 is 0 Å². The Labute approximate surface area is 155 Å². The molecule has 0 spiro atoms. The lowest BCUT2D eigenvalue weighted by atomic mass is 10.0. The van der Waals surface area contributed by atoms with Crippen LogP contribution in [0.15, 0.2) is 29.8 Å². The van der Waals surface area contributed by atoms with Crippen molar-refractivity contribution in [2.75, 3.05) is 6.61 Å². The molecular formula is C19H17N3O5. The highest BCUT2D eigenvalue weighted by atomic mass is 16.6. The summed E-state index contributed by atoms with van der Waals surface area (Å²) in [6, 6.07) is 7.30. The van der Waals surface area contributed by atoms with Gasteiger partial charge in [0, 0.05) is 17.8 Å². The lowest BCUT2D eigenvalue weighted by molar-refractivity contribution is -0.384. The first kappa shape index (κ1) is 19.6. The molecular weight excluding hydrogens is 350 g/mol. The Kier molecular flexibility index (Phi) is 5.88. The monoisotopic (exact) mass is 367 g/mol. The summed E-state index contributed by atoms with van der Waals surface area (Å²) < 4.78 is 4.99. The largest absolute Gasteiger partial charge is 0.462 e. The van der Waals surface area contributed by atoms with Crippen molar-refractivity contribution in [3.05, 3.63) is 68.0 Å². The molecule has 0 bridgehead atoms. The zero-order valence-electron chi connectivity index (χ0n) is 15.0. The van der Waals surface area contributed by atoms with E-state index in [9.17, 15) is 25.0 Å². The van der Waals surface area contributed by atoms with E-state index < -0.39 is 16.7 Å². The van der Waals surface area contributed by atoms with E-state index in [-0.39, 0.29) is 29.1 Å². The number of aromatic amines is 1. The van der Waals surface area contributed by atoms with E-state index in [1.165, 1.54) is 30.3 Å². The standard InChI is InChI=1S/C19H17N3O5/c1-4-27-19(24)16-11(2)17(21-12(16)3)18(23)14(10-20)9-13-5-7-15(8-6-13)22(25)26/h5-9,21H,4H2,1-3H3/b14-9+. The number of carbonyl (C=O) groups excluding carboxylic acids is 2. The summed E-state index contributed by atoms with van der Waals surface area (Å²) in [6.45, 7) is 5.13. The lowest BCUT2D eigenvalue weighted by Gasteiger charge is -2.02. The van der Waals surface area contributed by atoms with Crippen molar-refractivity contribution in [2.45, 2.75) is 20.8 Å². The Morgan fingerprint density at radius 3 is 2.44 bits per heavy atom. The van der Waals surface area contributed by atoms with Crippen LogP contribution in [-0.2, 0) is 4.74 Å². The summed E-state index contributed by atoms with van der Waals surface area (Å²) in [6.07, 6.45) is 1.34. The van der Waals surface area contributed by atoms with Crippen molar-refractivity contribution in [2.24, 2.45) is 0 Å². The molecule has 0 unspecified atom stereocenters. The molecule has 1 aromatic heterocycles. The topological polar surface area (TPSA) is 126 Å². The maximum Gasteiger partial charge on any atom is 0.340 e. The number of ether oxygens (including phenoxy) is 1. The van der Waals surface area contributed by atoms with Crippen LogP contribution in [-0.4, -0.2) is 28.3 Å². The van der Waals surface area contributed by atoms with E-state index >= 15 is 0 Å². The smallest absolute Gasteiger partial charge is 0.340 e. The predicted molar refractivity (Wildman–Crippen MR) is 97.2 cm³/mol. The fourth-order valence-corrected chi connectivity index (χ4v) is 2.63. The summed E-state index contributed by atoms with van der Waals surface area (Å²) in [4.78, 5) is 37.8. The molecule has 0 amide bonds. The number of nitriles is 1. The number of hydrogen-bond donors (Lipinski definition) is 1. The van der Waals surface area contributed by atoms with Crippen molar-refractivity contribution >= 4 is 23.5 Å². The average Bonchev–Trinajstić information content (AvgIpc) is 2.94. The third-order valence-corrected chi connectivity index (χ3v) is 3.92. The van der Waals surface area contributed by atoms with E-state index in [0.717, 1.165) is 0 Å². The number of rotatable bonds is 6. The van der Waals surface area contributed by atoms with Crippen LogP contribution in [0.4, 0.5) is 5.69 Å². The number of aromatic nitrogens is 1. The number of aryl methyl sites for hydroxylation is 1. The molecule has 1 N–H and O–H groups in total. The molecule has 1 aromatic carbocycles. The normalized spacial score (nSPS) is 11.0. The van der Waals surface area contributed by atoms with Gasteiger partial charge in [0.25, 0.3) is 5.69 Å². The van der Waals surface area contributed by atoms with Crippen LogP contribution in [0.2, 0.25) is 0 Å². The van der Waals surface area contributed by atoms with Crippen LogP contribution in [0.5, 0.6) is 0 Å². The number of non-ortho nitro benzene ring substituents is 1. The second kappa shape index (κ2) is 8.10. The van der Waals surface area contributed by atoms with Crippen molar-refractivity contribution < 1.29 is 19.2 Å². The Morgan fingerprint density at radius 1 is 1.30 bits per heavy atom. The average molecular weight is 367 g/mol. The number of nitro benzene ring substituents is 1. The van der Waals surface area contributed by atoms with Crippen LogP contribution in [0, 0.1) is 35.3 Å². The van der Waals surface area contributed by atoms with E-state index in [0.29, 0.717) is 16.8 Å². The Bertz CT molecular complexity index is 978. The van der Waals surface area contributed by atoms with Gasteiger partial charge in [-0.15, -0.1) is 0 Å². The summed E-state index contributed by atoms with van der Waals surface area (Å²) in [5.41, 5.74) is 1.49. The first-order valence-electron chi connectivity index (χ1n) is 8.07. The number of nitrogens with one attached hydrogen (secondary N) is 1. The Hall–Kier alpha value is -3.73. The van der Waals surface area contributed by atoms with Crippen LogP contribution in [0.25, 0.3) is 6.08 Å². The molecule has 8 heteroatoms. The second-order valence-corrected chi connectivity index (χ2v) is 5.69. The van der Waals surface area contributed by atoms with Crippen LogP contribution >= 0.6 is 0 Å². The molecule has 0 saturated carbocycles. The van der Waals surface area contributed by atoms with Gasteiger partial charge >= 0.3 is 5.97 Å². The van der Waals surface area contributed by atoms with Gasteiger partial charge < -0.3 is 9.72 Å². The number of esters is 1. The fraction of sp³-hybridized carbons (Fsp3) is 0.211. The molecule has 0 radical (unpaired) electrons. The van der Waals surface area contributed by atoms with Gasteiger partial charge in [-0.1, -0.05) is 0 Å². The molecule has 0 saturated heterocycles. The van der Waals surface area contributed by atoms with E-state index in [1.807, 2.05) is 6.07 Å². The van der Waals surface area contributed by atoms with Crippen molar-refractivity contribution in [3.63, 3.8) is 0 Å². The first-order valence-corrected chi connectivity index (χ1v) is 8.07. The van der Waals surface area contributed by atoms with Gasteiger partial charge in [0.05, 0.1) is 22.8 Å². The summed E-state index contributed by atoms with van der Waals surface area (Å²) in [5.74, 6) is -1.12. The zero-order chi connectivity index (χ0) is 20.1. The molecule has 1 heterocycles. The Balaban J connectivity index is 2.40. The van der Waals surface area contributed by atoms with E-state index in [4.69, 9.17) is 4.74 Å². The molecule has 8 nitrogen and oxygen atoms in total. The van der Waals surface area contributed by atoms with Gasteiger partial charge in [-0.05, 0) is 50.1 Å². The minimum atomic E-state index is -0.577. The van der Waals surface area contributed by atoms with Gasteiger partial charge in [0.2, 0.25) is 5.78 Å². The van der Waals surface area contributed by atoms with Gasteiger partial charge in [0.1, 0.15) is 11.6 Å². The van der Waals surface area contributed by atoms with E-state index in [1.54, 1.807) is 20.8 Å². The van der Waals surface area contributed by atoms with Gasteiger partial charge in [0.15, 0.2) is 0 Å². The van der Waals surface area contributed by atoms with Crippen LogP contribution in [0.1, 0.15) is 44.6 Å². The van der Waals surface area contributed by atoms with Crippen molar-refractivity contribution in [1.29, 1.82) is 5.26 Å². The molecule has 0 atom stereocenters. The van der Waals surface area contributed by atoms with Crippen LogP contribution in [0.3, 0.4) is 0 Å². The number of allylic oxidation sites excluding steroid dienone is 1. The minimum Gasteiger partial charge on any atom is -0.462 e.